The van der Waals surface area contributed by atoms with Crippen molar-refractivity contribution >= 4 is 87.7 Å². The van der Waals surface area contributed by atoms with Crippen LogP contribution < -0.4 is 5.32 Å². The molecule has 0 radical (unpaired) electrons. The molecule has 5 heteroatoms. The van der Waals surface area contributed by atoms with Crippen LogP contribution in [0.4, 0.5) is 0 Å². The molecule has 14 rings (SSSR count). The van der Waals surface area contributed by atoms with E-state index < -0.39 is 6.17 Å². The lowest BCUT2D eigenvalue weighted by Crippen LogP contribution is -2.33. The van der Waals surface area contributed by atoms with Crippen molar-refractivity contribution in [2.75, 3.05) is 0 Å². The number of hydrogen-bond acceptors (Lipinski definition) is 4. The lowest BCUT2D eigenvalue weighted by Gasteiger charge is -2.25. The minimum Gasteiger partial charge on any atom is -0.456 e. The monoisotopic (exact) mass is 868 g/mol. The van der Waals surface area contributed by atoms with Gasteiger partial charge < -0.3 is 14.3 Å². The molecule has 1 atom stereocenters. The number of nitrogens with zero attached hydrogens (tertiary/aromatic N) is 3. The maximum atomic E-state index is 6.58. The van der Waals surface area contributed by atoms with E-state index >= 15 is 0 Å². The summed E-state index contributed by atoms with van der Waals surface area (Å²) in [5.41, 5.74) is 12.5. The molecule has 1 aliphatic rings. The zero-order chi connectivity index (χ0) is 44.7. The van der Waals surface area contributed by atoms with Crippen LogP contribution in [0.3, 0.4) is 0 Å². The summed E-state index contributed by atoms with van der Waals surface area (Å²) in [6.07, 6.45) is -0.408. The number of aromatic nitrogens is 1. The predicted molar refractivity (Wildman–Crippen MR) is 283 cm³/mol. The first-order chi connectivity index (χ1) is 33.7. The Morgan fingerprint density at radius 2 is 1.03 bits per heavy atom. The van der Waals surface area contributed by atoms with Gasteiger partial charge in [0.25, 0.3) is 0 Å². The molecule has 1 aliphatic heterocycles. The molecule has 0 amide bonds. The Kier molecular flexibility index (Phi) is 8.58. The molecule has 0 aliphatic carbocycles. The normalized spacial score (nSPS) is 14.0. The molecule has 11 aromatic carbocycles. The molecule has 0 bridgehead atoms. The fourth-order valence-corrected chi connectivity index (χ4v) is 10.8. The lowest BCUT2D eigenvalue weighted by molar-refractivity contribution is 0.669. The highest BCUT2D eigenvalue weighted by Crippen LogP contribution is 2.45. The molecular weight excluding hydrogens is 829 g/mol. The second kappa shape index (κ2) is 15.3. The number of benzene rings is 11. The van der Waals surface area contributed by atoms with Crippen LogP contribution in [-0.2, 0) is 0 Å². The molecule has 318 valence electrons. The van der Waals surface area contributed by atoms with Gasteiger partial charge in [0.1, 0.15) is 23.2 Å². The third kappa shape index (κ3) is 6.03. The van der Waals surface area contributed by atoms with E-state index in [1.54, 1.807) is 0 Å². The largest absolute Gasteiger partial charge is 0.456 e. The summed E-state index contributed by atoms with van der Waals surface area (Å²) >= 11 is 0. The van der Waals surface area contributed by atoms with E-state index in [9.17, 15) is 0 Å². The SMILES string of the molecule is c1ccc(-c2cccc3c2c2cc4ccccc4cc2n3-c2ccc(C3=NC(c4cccc5ccccc45)NC(c4cccc5ccccc45)=N3)cc2-c2cccc3oc4ccccc4c23)cc1. The van der Waals surface area contributed by atoms with Gasteiger partial charge in [-0.25, -0.2) is 9.98 Å². The number of fused-ring (bicyclic) bond motifs is 9. The smallest absolute Gasteiger partial charge is 0.159 e. The number of amidine groups is 2. The van der Waals surface area contributed by atoms with Crippen molar-refractivity contribution in [1.82, 2.24) is 9.88 Å². The van der Waals surface area contributed by atoms with Gasteiger partial charge in [-0.05, 0) is 97.5 Å². The molecule has 0 saturated heterocycles. The average molecular weight is 869 g/mol. The first-order valence-electron chi connectivity index (χ1n) is 23.2. The van der Waals surface area contributed by atoms with E-state index in [-0.39, 0.29) is 0 Å². The minimum atomic E-state index is -0.408. The number of aliphatic imine (C=N–C) groups is 2. The van der Waals surface area contributed by atoms with E-state index in [2.05, 4.69) is 234 Å². The lowest BCUT2D eigenvalue weighted by atomic mass is 9.95. The quantitative estimate of drug-likeness (QED) is 0.181. The van der Waals surface area contributed by atoms with E-state index in [1.807, 2.05) is 6.07 Å². The Morgan fingerprint density at radius 1 is 0.397 bits per heavy atom. The van der Waals surface area contributed by atoms with Gasteiger partial charge in [0.05, 0.1) is 16.7 Å². The maximum absolute atomic E-state index is 6.58. The van der Waals surface area contributed by atoms with Gasteiger partial charge in [-0.3, -0.25) is 0 Å². The Labute approximate surface area is 391 Å². The van der Waals surface area contributed by atoms with Crippen molar-refractivity contribution in [2.45, 2.75) is 6.17 Å². The molecule has 0 fully saturated rings. The van der Waals surface area contributed by atoms with E-state index in [0.717, 1.165) is 88.5 Å². The molecule has 5 nitrogen and oxygen atoms in total. The van der Waals surface area contributed by atoms with Crippen LogP contribution in [0.2, 0.25) is 0 Å². The van der Waals surface area contributed by atoms with Crippen molar-refractivity contribution in [3.05, 3.63) is 247 Å². The molecule has 0 spiro atoms. The fraction of sp³-hybridized carbons (Fsp3) is 0.0159. The van der Waals surface area contributed by atoms with Crippen molar-refractivity contribution in [2.24, 2.45) is 9.98 Å². The van der Waals surface area contributed by atoms with Crippen LogP contribution in [-0.4, -0.2) is 16.2 Å². The van der Waals surface area contributed by atoms with Gasteiger partial charge in [-0.2, -0.15) is 0 Å². The summed E-state index contributed by atoms with van der Waals surface area (Å²) in [5.74, 6) is 1.43. The second-order valence-electron chi connectivity index (χ2n) is 17.7. The number of rotatable bonds is 6. The summed E-state index contributed by atoms with van der Waals surface area (Å²) in [6.45, 7) is 0. The molecule has 68 heavy (non-hydrogen) atoms. The zero-order valence-corrected chi connectivity index (χ0v) is 36.8. The van der Waals surface area contributed by atoms with Gasteiger partial charge in [-0.15, -0.1) is 0 Å². The van der Waals surface area contributed by atoms with Crippen molar-refractivity contribution in [3.8, 4) is 27.9 Å². The van der Waals surface area contributed by atoms with Gasteiger partial charge >= 0.3 is 0 Å². The van der Waals surface area contributed by atoms with E-state index in [4.69, 9.17) is 14.4 Å². The summed E-state index contributed by atoms with van der Waals surface area (Å²) in [7, 11) is 0. The number of hydrogen-bond donors (Lipinski definition) is 1. The molecule has 1 N–H and O–H groups in total. The highest BCUT2D eigenvalue weighted by Gasteiger charge is 2.26. The first-order valence-corrected chi connectivity index (χ1v) is 23.2. The van der Waals surface area contributed by atoms with Gasteiger partial charge in [-0.1, -0.05) is 182 Å². The Hall–Kier alpha value is -9.06. The van der Waals surface area contributed by atoms with Crippen LogP contribution in [0, 0.1) is 0 Å². The standard InChI is InChI=1S/C63H40N4O/c1-2-16-41(17-3-1)47-27-14-31-55-59(47)53-36-42-20-4-5-21-43(42)38-56(53)67(55)54-35-34-44(37-52(54)48-28-15-33-58-60(48)51-26-10-11-32-57(51)68-58)61-64-62(49-29-12-22-39-18-6-8-24-45(39)49)66-63(65-61)50-30-13-23-40-19-7-9-25-46(40)50/h1-38,62H,(H,64,65,66). The van der Waals surface area contributed by atoms with Crippen LogP contribution >= 0.6 is 0 Å². The molecule has 1 unspecified atom stereocenters. The summed E-state index contributed by atoms with van der Waals surface area (Å²) in [5, 5.41) is 15.4. The van der Waals surface area contributed by atoms with Gasteiger partial charge in [0.15, 0.2) is 5.84 Å². The molecular formula is C63H40N4O. The van der Waals surface area contributed by atoms with Crippen molar-refractivity contribution in [1.29, 1.82) is 0 Å². The number of nitrogens with one attached hydrogen (secondary N) is 1. The Morgan fingerprint density at radius 3 is 1.88 bits per heavy atom. The summed E-state index contributed by atoms with van der Waals surface area (Å²) < 4.78 is 9.05. The molecule has 3 heterocycles. The topological polar surface area (TPSA) is 54.8 Å². The second-order valence-corrected chi connectivity index (χ2v) is 17.7. The van der Waals surface area contributed by atoms with E-state index in [0.29, 0.717) is 5.84 Å². The molecule has 0 saturated carbocycles. The minimum absolute atomic E-state index is 0.408. The third-order valence-corrected chi connectivity index (χ3v) is 13.8. The van der Waals surface area contributed by atoms with Crippen molar-refractivity contribution in [3.63, 3.8) is 0 Å². The van der Waals surface area contributed by atoms with E-state index in [1.165, 1.54) is 38.1 Å². The van der Waals surface area contributed by atoms with Crippen LogP contribution in [0.15, 0.2) is 245 Å². The van der Waals surface area contributed by atoms with Crippen LogP contribution in [0.5, 0.6) is 0 Å². The summed E-state index contributed by atoms with van der Waals surface area (Å²) in [4.78, 5) is 11.0. The summed E-state index contributed by atoms with van der Waals surface area (Å²) in [6, 6.07) is 82.4. The number of furan rings is 1. The predicted octanol–water partition coefficient (Wildman–Crippen LogP) is 16.0. The maximum Gasteiger partial charge on any atom is 0.159 e. The highest BCUT2D eigenvalue weighted by atomic mass is 16.3. The Bertz CT molecular complexity index is 4240. The third-order valence-electron chi connectivity index (χ3n) is 13.8. The zero-order valence-electron chi connectivity index (χ0n) is 36.8. The van der Waals surface area contributed by atoms with Crippen molar-refractivity contribution < 1.29 is 4.42 Å². The Balaban J connectivity index is 1.07. The first kappa shape index (κ1) is 38.2. The number of para-hydroxylation sites is 1. The van der Waals surface area contributed by atoms with Crippen LogP contribution in [0.25, 0.3) is 104 Å². The molecule has 13 aromatic rings. The average Bonchev–Trinajstić information content (AvgIpc) is 3.95. The highest BCUT2D eigenvalue weighted by molar-refractivity contribution is 6.21. The van der Waals surface area contributed by atoms with Crippen LogP contribution in [0.1, 0.15) is 22.9 Å². The molecule has 2 aromatic heterocycles. The fourth-order valence-electron chi connectivity index (χ4n) is 10.8. The van der Waals surface area contributed by atoms with Gasteiger partial charge in [0.2, 0.25) is 0 Å². The van der Waals surface area contributed by atoms with Gasteiger partial charge in [0, 0.05) is 43.8 Å².